The number of imidazole rings is 1. The van der Waals surface area contributed by atoms with Crippen LogP contribution in [0.15, 0.2) is 18.2 Å². The lowest BCUT2D eigenvalue weighted by Gasteiger charge is -2.19. The predicted octanol–water partition coefficient (Wildman–Crippen LogP) is 3.81. The molecule has 1 fully saturated rings. The molecule has 1 aromatic heterocycles. The van der Waals surface area contributed by atoms with E-state index < -0.39 is 0 Å². The summed E-state index contributed by atoms with van der Waals surface area (Å²) >= 11 is 6.16. The first-order valence-electron chi connectivity index (χ1n) is 6.72. The van der Waals surface area contributed by atoms with E-state index in [1.54, 1.807) is 0 Å². The van der Waals surface area contributed by atoms with Crippen molar-refractivity contribution in [3.05, 3.63) is 29.0 Å². The average molecular weight is 264 g/mol. The monoisotopic (exact) mass is 263 g/mol. The highest BCUT2D eigenvalue weighted by atomic mass is 35.5. The molecule has 2 aromatic rings. The van der Waals surface area contributed by atoms with Crippen molar-refractivity contribution < 1.29 is 0 Å². The molecule has 0 bridgehead atoms. The third-order valence-electron chi connectivity index (χ3n) is 3.62. The van der Waals surface area contributed by atoms with Crippen molar-refractivity contribution in [2.75, 3.05) is 6.54 Å². The van der Waals surface area contributed by atoms with E-state index in [1.165, 1.54) is 25.7 Å². The fraction of sp³-hybridized carbons (Fsp3) is 0.500. The molecular weight excluding hydrogens is 246 g/mol. The van der Waals surface area contributed by atoms with Gasteiger partial charge in [0.1, 0.15) is 11.3 Å². The summed E-state index contributed by atoms with van der Waals surface area (Å²) in [6, 6.07) is 6.22. The van der Waals surface area contributed by atoms with Crippen LogP contribution in [0.1, 0.15) is 44.0 Å². The first-order valence-corrected chi connectivity index (χ1v) is 7.10. The Morgan fingerprint density at radius 3 is 2.94 bits per heavy atom. The van der Waals surface area contributed by atoms with Gasteiger partial charge in [0, 0.05) is 0 Å². The summed E-state index contributed by atoms with van der Waals surface area (Å²) in [5.41, 5.74) is 1.92. The molecule has 1 aliphatic rings. The first-order chi connectivity index (χ1) is 8.84. The topological polar surface area (TPSA) is 40.7 Å². The molecule has 2 heterocycles. The van der Waals surface area contributed by atoms with Crippen LogP contribution in [0.3, 0.4) is 0 Å². The normalized spacial score (nSPS) is 21.7. The Balaban J connectivity index is 1.90. The van der Waals surface area contributed by atoms with E-state index in [1.807, 2.05) is 18.2 Å². The molecule has 1 aliphatic heterocycles. The van der Waals surface area contributed by atoms with Crippen LogP contribution in [0.2, 0.25) is 5.02 Å². The molecule has 1 aromatic carbocycles. The minimum absolute atomic E-state index is 0.341. The largest absolute Gasteiger partial charge is 0.341 e. The average Bonchev–Trinajstić information content (AvgIpc) is 2.73. The number of hydrogen-bond donors (Lipinski definition) is 2. The van der Waals surface area contributed by atoms with Gasteiger partial charge in [-0.2, -0.15) is 0 Å². The Bertz CT molecular complexity index is 527. The lowest BCUT2D eigenvalue weighted by Crippen LogP contribution is -2.24. The Kier molecular flexibility index (Phi) is 3.52. The minimum Gasteiger partial charge on any atom is -0.341 e. The van der Waals surface area contributed by atoms with Crippen LogP contribution in [0.4, 0.5) is 0 Å². The van der Waals surface area contributed by atoms with Crippen molar-refractivity contribution in [2.24, 2.45) is 0 Å². The SMILES string of the molecule is Clc1cccc2[nH]c(C3CCCCCCN3)nc12. The molecular formula is C14H18ClN3. The molecule has 0 spiro atoms. The van der Waals surface area contributed by atoms with E-state index in [2.05, 4.69) is 15.3 Å². The zero-order valence-corrected chi connectivity index (χ0v) is 11.1. The second kappa shape index (κ2) is 5.29. The van der Waals surface area contributed by atoms with E-state index in [-0.39, 0.29) is 0 Å². The molecule has 3 nitrogen and oxygen atoms in total. The van der Waals surface area contributed by atoms with E-state index >= 15 is 0 Å². The minimum atomic E-state index is 0.341. The second-order valence-electron chi connectivity index (χ2n) is 4.97. The maximum absolute atomic E-state index is 6.16. The molecule has 4 heteroatoms. The van der Waals surface area contributed by atoms with Gasteiger partial charge in [-0.25, -0.2) is 4.98 Å². The summed E-state index contributed by atoms with van der Waals surface area (Å²) in [6.45, 7) is 1.08. The van der Waals surface area contributed by atoms with Crippen molar-refractivity contribution in [1.82, 2.24) is 15.3 Å². The van der Waals surface area contributed by atoms with Crippen molar-refractivity contribution in [3.63, 3.8) is 0 Å². The molecule has 0 aliphatic carbocycles. The van der Waals surface area contributed by atoms with E-state index in [4.69, 9.17) is 11.6 Å². The zero-order valence-electron chi connectivity index (χ0n) is 10.4. The summed E-state index contributed by atoms with van der Waals surface area (Å²) < 4.78 is 0. The van der Waals surface area contributed by atoms with E-state index in [0.717, 1.165) is 34.8 Å². The molecule has 3 rings (SSSR count). The van der Waals surface area contributed by atoms with E-state index in [9.17, 15) is 0 Å². The van der Waals surface area contributed by atoms with Crippen molar-refractivity contribution in [1.29, 1.82) is 0 Å². The predicted molar refractivity (Wildman–Crippen MR) is 74.9 cm³/mol. The number of para-hydroxylation sites is 1. The Labute approximate surface area is 112 Å². The number of fused-ring (bicyclic) bond motifs is 1. The fourth-order valence-electron chi connectivity index (χ4n) is 2.62. The number of nitrogens with one attached hydrogen (secondary N) is 2. The second-order valence-corrected chi connectivity index (χ2v) is 5.37. The number of rotatable bonds is 1. The van der Waals surface area contributed by atoms with Gasteiger partial charge < -0.3 is 10.3 Å². The first kappa shape index (κ1) is 12.0. The van der Waals surface area contributed by atoms with Crippen molar-refractivity contribution >= 4 is 22.6 Å². The van der Waals surface area contributed by atoms with Gasteiger partial charge in [-0.3, -0.25) is 0 Å². The van der Waals surface area contributed by atoms with Gasteiger partial charge >= 0.3 is 0 Å². The van der Waals surface area contributed by atoms with E-state index in [0.29, 0.717) is 6.04 Å². The van der Waals surface area contributed by atoms with Gasteiger partial charge in [-0.05, 0) is 31.5 Å². The molecule has 96 valence electrons. The quantitative estimate of drug-likeness (QED) is 0.821. The molecule has 0 saturated carbocycles. The van der Waals surface area contributed by atoms with Gasteiger partial charge in [0.2, 0.25) is 0 Å². The maximum Gasteiger partial charge on any atom is 0.124 e. The van der Waals surface area contributed by atoms with Crippen LogP contribution >= 0.6 is 11.6 Å². The summed E-state index contributed by atoms with van der Waals surface area (Å²) in [5.74, 6) is 1.03. The third-order valence-corrected chi connectivity index (χ3v) is 3.93. The number of nitrogens with zero attached hydrogens (tertiary/aromatic N) is 1. The van der Waals surface area contributed by atoms with Crippen molar-refractivity contribution in [3.8, 4) is 0 Å². The summed E-state index contributed by atoms with van der Waals surface area (Å²) in [4.78, 5) is 8.05. The molecule has 18 heavy (non-hydrogen) atoms. The summed E-state index contributed by atoms with van der Waals surface area (Å²) in [5, 5.41) is 4.30. The molecule has 1 atom stereocenters. The van der Waals surface area contributed by atoms with Crippen LogP contribution in [0.5, 0.6) is 0 Å². The van der Waals surface area contributed by atoms with Crippen molar-refractivity contribution in [2.45, 2.75) is 38.1 Å². The van der Waals surface area contributed by atoms with Gasteiger partial charge in [-0.15, -0.1) is 0 Å². The standard InChI is InChI=1S/C14H18ClN3/c15-10-6-5-8-11-13(10)18-14(17-11)12-7-3-1-2-4-9-16-12/h5-6,8,12,16H,1-4,7,9H2,(H,17,18). The van der Waals surface area contributed by atoms with Crippen LogP contribution in [-0.2, 0) is 0 Å². The number of H-pyrrole nitrogens is 1. The highest BCUT2D eigenvalue weighted by molar-refractivity contribution is 6.34. The van der Waals surface area contributed by atoms with Gasteiger partial charge in [0.15, 0.2) is 0 Å². The maximum atomic E-state index is 6.16. The highest BCUT2D eigenvalue weighted by Gasteiger charge is 2.17. The Morgan fingerprint density at radius 2 is 2.06 bits per heavy atom. The Morgan fingerprint density at radius 1 is 1.17 bits per heavy atom. The molecule has 1 unspecified atom stereocenters. The molecule has 0 amide bonds. The molecule has 2 N–H and O–H groups in total. The zero-order chi connectivity index (χ0) is 12.4. The smallest absolute Gasteiger partial charge is 0.124 e. The number of benzene rings is 1. The van der Waals surface area contributed by atoms with Gasteiger partial charge in [-0.1, -0.05) is 36.9 Å². The number of aromatic nitrogens is 2. The summed E-state index contributed by atoms with van der Waals surface area (Å²) in [7, 11) is 0. The lowest BCUT2D eigenvalue weighted by atomic mass is 10.0. The van der Waals surface area contributed by atoms with Crippen LogP contribution in [-0.4, -0.2) is 16.5 Å². The number of halogens is 1. The number of hydrogen-bond acceptors (Lipinski definition) is 2. The Hall–Kier alpha value is -1.06. The number of aromatic amines is 1. The molecule has 0 radical (unpaired) electrons. The highest BCUT2D eigenvalue weighted by Crippen LogP contribution is 2.26. The van der Waals surface area contributed by atoms with Crippen LogP contribution in [0, 0.1) is 0 Å². The van der Waals surface area contributed by atoms with Crippen LogP contribution in [0.25, 0.3) is 11.0 Å². The molecule has 1 saturated heterocycles. The lowest BCUT2D eigenvalue weighted by molar-refractivity contribution is 0.416. The van der Waals surface area contributed by atoms with Crippen LogP contribution < -0.4 is 5.32 Å². The third kappa shape index (κ3) is 2.38. The fourth-order valence-corrected chi connectivity index (χ4v) is 2.84. The van der Waals surface area contributed by atoms with Gasteiger partial charge in [0.05, 0.1) is 16.6 Å². The summed E-state index contributed by atoms with van der Waals surface area (Å²) in [6.07, 6.45) is 6.35. The van der Waals surface area contributed by atoms with Gasteiger partial charge in [0.25, 0.3) is 0 Å².